The summed E-state index contributed by atoms with van der Waals surface area (Å²) in [5.74, 6) is 1.71. The van der Waals surface area contributed by atoms with Crippen LogP contribution in [-0.4, -0.2) is 0 Å². The van der Waals surface area contributed by atoms with Gasteiger partial charge in [0.1, 0.15) is 0 Å². The minimum atomic E-state index is 0.856. The predicted molar refractivity (Wildman–Crippen MR) is 34.5 cm³/mol. The van der Waals surface area contributed by atoms with Gasteiger partial charge in [0, 0.05) is 11.8 Å². The molecule has 0 fully saturated rings. The molecule has 2 aliphatic rings. The molecule has 2 unspecified atom stereocenters. The van der Waals surface area contributed by atoms with Crippen LogP contribution in [0.1, 0.15) is 13.8 Å². The second-order valence-corrected chi connectivity index (χ2v) is 2.80. The third-order valence-electron chi connectivity index (χ3n) is 2.53. The van der Waals surface area contributed by atoms with E-state index in [1.54, 1.807) is 11.1 Å². The molecule has 0 bridgehead atoms. The predicted octanol–water partition coefficient (Wildman–Crippen LogP) is 2.14. The van der Waals surface area contributed by atoms with Crippen molar-refractivity contribution >= 4 is 0 Å². The van der Waals surface area contributed by atoms with Crippen molar-refractivity contribution in [3.05, 3.63) is 23.3 Å². The molecule has 0 aromatic rings. The number of allylic oxidation sites excluding steroid dienone is 4. The molecule has 0 aliphatic heterocycles. The lowest BCUT2D eigenvalue weighted by molar-refractivity contribution is 0.467. The van der Waals surface area contributed by atoms with Crippen LogP contribution in [0.2, 0.25) is 0 Å². The Morgan fingerprint density at radius 1 is 1.00 bits per heavy atom. The van der Waals surface area contributed by atoms with Gasteiger partial charge in [-0.2, -0.15) is 0 Å². The molecule has 0 amide bonds. The first-order valence-electron chi connectivity index (χ1n) is 3.16. The second kappa shape index (κ2) is 1.07. The maximum atomic E-state index is 2.30. The molecule has 0 N–H and O–H groups in total. The van der Waals surface area contributed by atoms with Crippen LogP contribution >= 0.6 is 0 Å². The van der Waals surface area contributed by atoms with Gasteiger partial charge in [-0.15, -0.1) is 0 Å². The molecular weight excluding hydrogens is 96.1 g/mol. The second-order valence-electron chi connectivity index (χ2n) is 2.80. The minimum Gasteiger partial charge on any atom is -0.0798 e. The Morgan fingerprint density at radius 3 is 1.50 bits per heavy atom. The molecule has 42 valence electrons. The molecule has 0 saturated carbocycles. The van der Waals surface area contributed by atoms with Crippen LogP contribution in [0, 0.1) is 11.8 Å². The number of hydrogen-bond acceptors (Lipinski definition) is 0. The van der Waals surface area contributed by atoms with Gasteiger partial charge in [0.25, 0.3) is 0 Å². The fourth-order valence-electron chi connectivity index (χ4n) is 1.59. The van der Waals surface area contributed by atoms with E-state index in [4.69, 9.17) is 0 Å². The summed E-state index contributed by atoms with van der Waals surface area (Å²) in [6, 6.07) is 0. The molecular formula is C8H10. The highest BCUT2D eigenvalue weighted by molar-refractivity contribution is 5.43. The fraction of sp³-hybridized carbons (Fsp3) is 0.500. The van der Waals surface area contributed by atoms with Crippen molar-refractivity contribution in [2.24, 2.45) is 11.8 Å². The minimum absolute atomic E-state index is 0.856. The van der Waals surface area contributed by atoms with E-state index in [0.29, 0.717) is 0 Å². The zero-order valence-corrected chi connectivity index (χ0v) is 5.31. The Labute approximate surface area is 49.9 Å². The van der Waals surface area contributed by atoms with Gasteiger partial charge in [0.15, 0.2) is 0 Å². The Balaban J connectivity index is 2.35. The molecule has 2 rings (SSSR count). The molecule has 0 spiro atoms. The van der Waals surface area contributed by atoms with Crippen molar-refractivity contribution in [1.82, 2.24) is 0 Å². The first-order valence-corrected chi connectivity index (χ1v) is 3.16. The van der Waals surface area contributed by atoms with E-state index in [2.05, 4.69) is 26.0 Å². The average Bonchev–Trinajstić information content (AvgIpc) is 1.64. The van der Waals surface area contributed by atoms with Gasteiger partial charge in [-0.3, -0.25) is 0 Å². The van der Waals surface area contributed by atoms with Crippen molar-refractivity contribution in [3.8, 4) is 0 Å². The van der Waals surface area contributed by atoms with Crippen LogP contribution in [0.3, 0.4) is 0 Å². The Morgan fingerprint density at radius 2 is 1.38 bits per heavy atom. The summed E-state index contributed by atoms with van der Waals surface area (Å²) >= 11 is 0. The topological polar surface area (TPSA) is 0 Å². The van der Waals surface area contributed by atoms with E-state index >= 15 is 0 Å². The Hall–Kier alpha value is -0.520. The number of fused-ring (bicyclic) bond motifs is 1. The zero-order chi connectivity index (χ0) is 5.72. The van der Waals surface area contributed by atoms with E-state index in [0.717, 1.165) is 11.8 Å². The maximum Gasteiger partial charge on any atom is 0.00772 e. The summed E-state index contributed by atoms with van der Waals surface area (Å²) in [4.78, 5) is 0. The van der Waals surface area contributed by atoms with Gasteiger partial charge in [-0.25, -0.2) is 0 Å². The summed E-state index contributed by atoms with van der Waals surface area (Å²) in [6.07, 6.45) is 4.60. The van der Waals surface area contributed by atoms with Gasteiger partial charge in [0.2, 0.25) is 0 Å². The summed E-state index contributed by atoms with van der Waals surface area (Å²) < 4.78 is 0. The molecule has 0 heteroatoms. The van der Waals surface area contributed by atoms with E-state index in [9.17, 15) is 0 Å². The molecule has 0 nitrogen and oxygen atoms in total. The van der Waals surface area contributed by atoms with Crippen molar-refractivity contribution in [2.45, 2.75) is 13.8 Å². The SMILES string of the molecule is CC1=C(C)C2C=CC12. The van der Waals surface area contributed by atoms with Crippen molar-refractivity contribution < 1.29 is 0 Å². The first kappa shape index (κ1) is 4.37. The Kier molecular flexibility index (Phi) is 0.585. The zero-order valence-electron chi connectivity index (χ0n) is 5.31. The van der Waals surface area contributed by atoms with Gasteiger partial charge in [-0.1, -0.05) is 23.3 Å². The first-order chi connectivity index (χ1) is 3.80. The molecule has 0 aromatic heterocycles. The van der Waals surface area contributed by atoms with Crippen LogP contribution in [0.5, 0.6) is 0 Å². The monoisotopic (exact) mass is 106 g/mol. The van der Waals surface area contributed by atoms with Crippen molar-refractivity contribution in [1.29, 1.82) is 0 Å². The smallest absolute Gasteiger partial charge is 0.00772 e. The molecule has 0 aromatic carbocycles. The lowest BCUT2D eigenvalue weighted by Gasteiger charge is -2.42. The van der Waals surface area contributed by atoms with Crippen molar-refractivity contribution in [2.75, 3.05) is 0 Å². The van der Waals surface area contributed by atoms with Gasteiger partial charge < -0.3 is 0 Å². The highest BCUT2D eigenvalue weighted by atomic mass is 14.4. The summed E-state index contributed by atoms with van der Waals surface area (Å²) in [7, 11) is 0. The van der Waals surface area contributed by atoms with Gasteiger partial charge >= 0.3 is 0 Å². The molecule has 0 heterocycles. The van der Waals surface area contributed by atoms with E-state index in [1.807, 2.05) is 0 Å². The molecule has 2 aliphatic carbocycles. The van der Waals surface area contributed by atoms with E-state index in [-0.39, 0.29) is 0 Å². The molecule has 0 radical (unpaired) electrons. The van der Waals surface area contributed by atoms with Gasteiger partial charge in [0.05, 0.1) is 0 Å². The quantitative estimate of drug-likeness (QED) is 0.415. The maximum absolute atomic E-state index is 2.30. The fourth-order valence-corrected chi connectivity index (χ4v) is 1.59. The standard InChI is InChI=1S/C8H10/c1-5-6(2)8-4-3-7(5)8/h3-4,7-8H,1-2H3. The third-order valence-corrected chi connectivity index (χ3v) is 2.53. The van der Waals surface area contributed by atoms with Crippen LogP contribution in [0.25, 0.3) is 0 Å². The normalized spacial score (nSPS) is 40.8. The summed E-state index contributed by atoms with van der Waals surface area (Å²) in [5.41, 5.74) is 3.22. The van der Waals surface area contributed by atoms with Crippen LogP contribution in [0.4, 0.5) is 0 Å². The van der Waals surface area contributed by atoms with Crippen LogP contribution in [-0.2, 0) is 0 Å². The molecule has 0 saturated heterocycles. The van der Waals surface area contributed by atoms with Crippen LogP contribution < -0.4 is 0 Å². The van der Waals surface area contributed by atoms with E-state index in [1.165, 1.54) is 0 Å². The van der Waals surface area contributed by atoms with Crippen molar-refractivity contribution in [3.63, 3.8) is 0 Å². The average molecular weight is 106 g/mol. The van der Waals surface area contributed by atoms with E-state index < -0.39 is 0 Å². The third kappa shape index (κ3) is 0.262. The number of rotatable bonds is 0. The molecule has 2 atom stereocenters. The Bertz CT molecular complexity index is 164. The summed E-state index contributed by atoms with van der Waals surface area (Å²) in [6.45, 7) is 4.47. The lowest BCUT2D eigenvalue weighted by atomic mass is 9.62. The number of hydrogen-bond donors (Lipinski definition) is 0. The van der Waals surface area contributed by atoms with Gasteiger partial charge in [-0.05, 0) is 13.8 Å². The highest BCUT2D eigenvalue weighted by Crippen LogP contribution is 2.47. The summed E-state index contributed by atoms with van der Waals surface area (Å²) in [5, 5.41) is 0. The molecule has 8 heavy (non-hydrogen) atoms. The van der Waals surface area contributed by atoms with Crippen LogP contribution in [0.15, 0.2) is 23.3 Å². The lowest BCUT2D eigenvalue weighted by Crippen LogP contribution is -2.31. The largest absolute Gasteiger partial charge is 0.0798 e. The highest BCUT2D eigenvalue weighted by Gasteiger charge is 2.36.